The van der Waals surface area contributed by atoms with E-state index < -0.39 is 0 Å². The number of halogens is 1. The summed E-state index contributed by atoms with van der Waals surface area (Å²) >= 11 is 0. The van der Waals surface area contributed by atoms with Crippen LogP contribution in [0.25, 0.3) is 22.4 Å². The molecule has 1 aliphatic rings. The quantitative estimate of drug-likeness (QED) is 0.703. The summed E-state index contributed by atoms with van der Waals surface area (Å²) in [5.41, 5.74) is 2.82. The molecule has 0 radical (unpaired) electrons. The highest BCUT2D eigenvalue weighted by Crippen LogP contribution is 2.25. The van der Waals surface area contributed by atoms with Gasteiger partial charge in [-0.3, -0.25) is 9.59 Å². The Kier molecular flexibility index (Phi) is 5.29. The lowest BCUT2D eigenvalue weighted by atomic mass is 9.96. The number of aromatic amines is 1. The highest BCUT2D eigenvalue weighted by molar-refractivity contribution is 5.95. The SMILES string of the molecule is CCC(=O)N1CCCC(C(=O)Nc2ccc3nc(-c4cccc(F)c4)[nH]c3c2)C1. The number of benzene rings is 2. The van der Waals surface area contributed by atoms with E-state index in [-0.39, 0.29) is 23.5 Å². The van der Waals surface area contributed by atoms with Crippen molar-refractivity contribution in [3.05, 3.63) is 48.3 Å². The molecule has 1 fully saturated rings. The molecule has 150 valence electrons. The molecule has 3 aromatic rings. The van der Waals surface area contributed by atoms with Crippen molar-refractivity contribution in [3.8, 4) is 11.4 Å². The van der Waals surface area contributed by atoms with Gasteiger partial charge in [0, 0.05) is 30.8 Å². The molecule has 2 aromatic carbocycles. The van der Waals surface area contributed by atoms with Crippen molar-refractivity contribution in [2.45, 2.75) is 26.2 Å². The normalized spacial score (nSPS) is 16.8. The molecule has 0 saturated carbocycles. The molecule has 2 N–H and O–H groups in total. The first kappa shape index (κ1) is 19.1. The van der Waals surface area contributed by atoms with Gasteiger partial charge in [0.05, 0.1) is 17.0 Å². The molecular formula is C22H23FN4O2. The van der Waals surface area contributed by atoms with Gasteiger partial charge >= 0.3 is 0 Å². The van der Waals surface area contributed by atoms with Gasteiger partial charge in [-0.1, -0.05) is 19.1 Å². The van der Waals surface area contributed by atoms with E-state index in [0.29, 0.717) is 30.0 Å². The lowest BCUT2D eigenvalue weighted by Gasteiger charge is -2.31. The molecule has 1 saturated heterocycles. The number of piperidine rings is 1. The average Bonchev–Trinajstić information content (AvgIpc) is 3.17. The molecule has 2 amide bonds. The standard InChI is InChI=1S/C22H23FN4O2/c1-2-20(28)27-10-4-6-15(13-27)22(29)24-17-8-9-18-19(12-17)26-21(25-18)14-5-3-7-16(23)11-14/h3,5,7-9,11-12,15H,2,4,6,10,13H2,1H3,(H,24,29)(H,25,26). The number of hydrogen-bond acceptors (Lipinski definition) is 3. The number of imidazole rings is 1. The Morgan fingerprint density at radius 3 is 2.93 bits per heavy atom. The van der Waals surface area contributed by atoms with Crippen LogP contribution in [0.15, 0.2) is 42.5 Å². The van der Waals surface area contributed by atoms with Gasteiger partial charge in [0.2, 0.25) is 11.8 Å². The molecule has 1 atom stereocenters. The molecule has 0 spiro atoms. The third kappa shape index (κ3) is 4.13. The van der Waals surface area contributed by atoms with Crippen molar-refractivity contribution < 1.29 is 14.0 Å². The van der Waals surface area contributed by atoms with Crippen molar-refractivity contribution in [3.63, 3.8) is 0 Å². The Labute approximate surface area is 168 Å². The number of anilines is 1. The number of rotatable bonds is 4. The predicted octanol–water partition coefficient (Wildman–Crippen LogP) is 3.96. The summed E-state index contributed by atoms with van der Waals surface area (Å²) in [6.07, 6.45) is 2.06. The third-order valence-corrected chi connectivity index (χ3v) is 5.29. The largest absolute Gasteiger partial charge is 0.342 e. The topological polar surface area (TPSA) is 78.1 Å². The summed E-state index contributed by atoms with van der Waals surface area (Å²) in [4.78, 5) is 34.1. The first-order chi connectivity index (χ1) is 14.0. The molecule has 0 bridgehead atoms. The van der Waals surface area contributed by atoms with Crippen LogP contribution in [0.4, 0.5) is 10.1 Å². The summed E-state index contributed by atoms with van der Waals surface area (Å²) in [5.74, 6) is 0.0524. The van der Waals surface area contributed by atoms with E-state index >= 15 is 0 Å². The molecule has 1 aromatic heterocycles. The second-order valence-electron chi connectivity index (χ2n) is 7.35. The zero-order valence-corrected chi connectivity index (χ0v) is 16.2. The van der Waals surface area contributed by atoms with E-state index in [1.165, 1.54) is 12.1 Å². The summed E-state index contributed by atoms with van der Waals surface area (Å²) in [5, 5.41) is 2.95. The lowest BCUT2D eigenvalue weighted by molar-refractivity contribution is -0.134. The number of nitrogens with one attached hydrogen (secondary N) is 2. The molecule has 4 rings (SSSR count). The molecule has 6 nitrogen and oxygen atoms in total. The number of amides is 2. The number of aromatic nitrogens is 2. The Balaban J connectivity index is 1.49. The molecular weight excluding hydrogens is 371 g/mol. The fourth-order valence-corrected chi connectivity index (χ4v) is 3.75. The summed E-state index contributed by atoms with van der Waals surface area (Å²) in [7, 11) is 0. The highest BCUT2D eigenvalue weighted by Gasteiger charge is 2.27. The number of H-pyrrole nitrogens is 1. The van der Waals surface area contributed by atoms with E-state index in [1.807, 2.05) is 19.1 Å². The van der Waals surface area contributed by atoms with E-state index in [0.717, 1.165) is 30.4 Å². The van der Waals surface area contributed by atoms with Crippen LogP contribution in [-0.2, 0) is 9.59 Å². The van der Waals surface area contributed by atoms with Crippen LogP contribution < -0.4 is 5.32 Å². The maximum absolute atomic E-state index is 13.5. The van der Waals surface area contributed by atoms with Gasteiger partial charge in [0.25, 0.3) is 0 Å². The fourth-order valence-electron chi connectivity index (χ4n) is 3.75. The van der Waals surface area contributed by atoms with Gasteiger partial charge in [0.1, 0.15) is 11.6 Å². The minimum Gasteiger partial charge on any atom is -0.342 e. The molecule has 7 heteroatoms. The minimum atomic E-state index is -0.320. The van der Waals surface area contributed by atoms with E-state index in [9.17, 15) is 14.0 Å². The van der Waals surface area contributed by atoms with Gasteiger partial charge in [-0.05, 0) is 43.2 Å². The molecule has 0 aliphatic carbocycles. The van der Waals surface area contributed by atoms with Crippen LogP contribution in [0, 0.1) is 11.7 Å². The molecule has 2 heterocycles. The molecule has 1 unspecified atom stereocenters. The van der Waals surface area contributed by atoms with Crippen LogP contribution in [0.2, 0.25) is 0 Å². The van der Waals surface area contributed by atoms with Crippen molar-refractivity contribution in [1.82, 2.24) is 14.9 Å². The first-order valence-corrected chi connectivity index (χ1v) is 9.88. The number of likely N-dealkylation sites (tertiary alicyclic amines) is 1. The van der Waals surface area contributed by atoms with Gasteiger partial charge in [-0.25, -0.2) is 9.37 Å². The zero-order chi connectivity index (χ0) is 20.4. The van der Waals surface area contributed by atoms with Crippen molar-refractivity contribution >= 4 is 28.5 Å². The number of hydrogen-bond donors (Lipinski definition) is 2. The maximum Gasteiger partial charge on any atom is 0.229 e. The smallest absolute Gasteiger partial charge is 0.229 e. The van der Waals surface area contributed by atoms with Crippen LogP contribution in [-0.4, -0.2) is 39.8 Å². The maximum atomic E-state index is 13.5. The second-order valence-corrected chi connectivity index (χ2v) is 7.35. The van der Waals surface area contributed by atoms with Crippen LogP contribution in [0.3, 0.4) is 0 Å². The van der Waals surface area contributed by atoms with Crippen LogP contribution >= 0.6 is 0 Å². The van der Waals surface area contributed by atoms with Gasteiger partial charge in [-0.15, -0.1) is 0 Å². The fraction of sp³-hybridized carbons (Fsp3) is 0.318. The average molecular weight is 394 g/mol. The Morgan fingerprint density at radius 2 is 2.14 bits per heavy atom. The van der Waals surface area contributed by atoms with Crippen LogP contribution in [0.1, 0.15) is 26.2 Å². The van der Waals surface area contributed by atoms with E-state index in [2.05, 4.69) is 15.3 Å². The minimum absolute atomic E-state index is 0.0807. The van der Waals surface area contributed by atoms with Crippen molar-refractivity contribution in [2.24, 2.45) is 5.92 Å². The Morgan fingerprint density at radius 1 is 1.28 bits per heavy atom. The van der Waals surface area contributed by atoms with Crippen LogP contribution in [0.5, 0.6) is 0 Å². The lowest BCUT2D eigenvalue weighted by Crippen LogP contribution is -2.43. The number of carbonyl (C=O) groups is 2. The number of nitrogens with zero attached hydrogens (tertiary/aromatic N) is 2. The number of carbonyl (C=O) groups excluding carboxylic acids is 2. The summed E-state index contributed by atoms with van der Waals surface area (Å²) < 4.78 is 13.5. The summed E-state index contributed by atoms with van der Waals surface area (Å²) in [6.45, 7) is 3.03. The summed E-state index contributed by atoms with van der Waals surface area (Å²) in [6, 6.07) is 11.7. The van der Waals surface area contributed by atoms with Gasteiger partial charge in [0.15, 0.2) is 0 Å². The second kappa shape index (κ2) is 8.03. The Bertz CT molecular complexity index is 1060. The zero-order valence-electron chi connectivity index (χ0n) is 16.2. The Hall–Kier alpha value is -3.22. The van der Waals surface area contributed by atoms with Gasteiger partial charge < -0.3 is 15.2 Å². The number of fused-ring (bicyclic) bond motifs is 1. The van der Waals surface area contributed by atoms with Gasteiger partial charge in [-0.2, -0.15) is 0 Å². The monoisotopic (exact) mass is 394 g/mol. The predicted molar refractivity (Wildman–Crippen MR) is 110 cm³/mol. The first-order valence-electron chi connectivity index (χ1n) is 9.88. The van der Waals surface area contributed by atoms with Crippen molar-refractivity contribution in [1.29, 1.82) is 0 Å². The molecule has 1 aliphatic heterocycles. The van der Waals surface area contributed by atoms with Crippen molar-refractivity contribution in [2.75, 3.05) is 18.4 Å². The van der Waals surface area contributed by atoms with E-state index in [4.69, 9.17) is 0 Å². The van der Waals surface area contributed by atoms with E-state index in [1.54, 1.807) is 23.1 Å². The third-order valence-electron chi connectivity index (χ3n) is 5.29. The molecule has 29 heavy (non-hydrogen) atoms. The highest BCUT2D eigenvalue weighted by atomic mass is 19.1.